The molecule has 0 unspecified atom stereocenters. The number of aromatic nitrogens is 1. The molecule has 0 radical (unpaired) electrons. The molecule has 1 saturated heterocycles. The van der Waals surface area contributed by atoms with Crippen LogP contribution < -0.4 is 19.9 Å². The van der Waals surface area contributed by atoms with Crippen molar-refractivity contribution in [1.29, 1.82) is 0 Å². The summed E-state index contributed by atoms with van der Waals surface area (Å²) in [6, 6.07) is 13.6. The second-order valence-corrected chi connectivity index (χ2v) is 7.50. The van der Waals surface area contributed by atoms with Crippen molar-refractivity contribution < 1.29 is 14.3 Å². The summed E-state index contributed by atoms with van der Waals surface area (Å²) in [6.45, 7) is 5.13. The van der Waals surface area contributed by atoms with Crippen LogP contribution in [0.15, 0.2) is 53.5 Å². The molecule has 0 saturated carbocycles. The molecule has 1 aliphatic heterocycles. The zero-order valence-corrected chi connectivity index (χ0v) is 18.1. The molecule has 3 aromatic rings. The van der Waals surface area contributed by atoms with Crippen molar-refractivity contribution in [3.63, 3.8) is 0 Å². The Morgan fingerprint density at radius 2 is 1.55 bits per heavy atom. The van der Waals surface area contributed by atoms with Crippen molar-refractivity contribution in [3.8, 4) is 11.5 Å². The van der Waals surface area contributed by atoms with Gasteiger partial charge < -0.3 is 23.8 Å². The van der Waals surface area contributed by atoms with Gasteiger partial charge in [0.05, 0.1) is 25.2 Å². The fourth-order valence-electron chi connectivity index (χ4n) is 4.10. The van der Waals surface area contributed by atoms with Gasteiger partial charge in [0.15, 0.2) is 11.5 Å². The van der Waals surface area contributed by atoms with Crippen LogP contribution in [0.3, 0.4) is 0 Å². The first kappa shape index (κ1) is 20.8. The first-order chi connectivity index (χ1) is 15.1. The molecule has 162 valence electrons. The molecule has 4 rings (SSSR count). The summed E-state index contributed by atoms with van der Waals surface area (Å²) >= 11 is 0. The maximum atomic E-state index is 13.5. The van der Waals surface area contributed by atoms with Gasteiger partial charge in [0.2, 0.25) is 0 Å². The molecule has 1 fully saturated rings. The Kier molecular flexibility index (Phi) is 5.84. The van der Waals surface area contributed by atoms with Gasteiger partial charge in [0.1, 0.15) is 0 Å². The third-order valence-corrected chi connectivity index (χ3v) is 5.85. The second kappa shape index (κ2) is 8.71. The number of nitrogens with zero attached hydrogens (tertiary/aromatic N) is 3. The fourth-order valence-corrected chi connectivity index (χ4v) is 4.10. The van der Waals surface area contributed by atoms with Gasteiger partial charge in [-0.25, -0.2) is 0 Å². The molecular formula is C24H27N3O4. The van der Waals surface area contributed by atoms with Gasteiger partial charge >= 0.3 is 0 Å². The van der Waals surface area contributed by atoms with E-state index in [2.05, 4.69) is 17.0 Å². The molecule has 31 heavy (non-hydrogen) atoms. The van der Waals surface area contributed by atoms with Crippen molar-refractivity contribution in [2.75, 3.05) is 45.3 Å². The predicted molar refractivity (Wildman–Crippen MR) is 122 cm³/mol. The fraction of sp³-hybridized carbons (Fsp3) is 0.333. The van der Waals surface area contributed by atoms with E-state index in [4.69, 9.17) is 9.47 Å². The number of hydrogen-bond acceptors (Lipinski definition) is 5. The molecule has 0 bridgehead atoms. The number of ether oxygens (including phenoxy) is 2. The third-order valence-electron chi connectivity index (χ3n) is 5.85. The molecule has 1 aliphatic rings. The standard InChI is InChI=1S/C24H27N3O4/c1-4-25-16-20(18-14-21(30-2)22(31-3)15-19(18)23(25)28)24(29)27-12-10-26(11-13-27)17-8-6-5-7-9-17/h5-9,14-16H,4,10-13H2,1-3H3. The highest BCUT2D eigenvalue weighted by Crippen LogP contribution is 2.33. The van der Waals surface area contributed by atoms with Crippen LogP contribution in [-0.4, -0.2) is 55.8 Å². The summed E-state index contributed by atoms with van der Waals surface area (Å²) in [6.07, 6.45) is 1.67. The van der Waals surface area contributed by atoms with Gasteiger partial charge in [-0.3, -0.25) is 9.59 Å². The van der Waals surface area contributed by atoms with E-state index >= 15 is 0 Å². The molecule has 0 N–H and O–H groups in total. The van der Waals surface area contributed by atoms with E-state index in [1.54, 1.807) is 30.0 Å². The number of para-hydroxylation sites is 1. The number of pyridine rings is 1. The number of rotatable bonds is 5. The highest BCUT2D eigenvalue weighted by atomic mass is 16.5. The van der Waals surface area contributed by atoms with E-state index in [9.17, 15) is 9.59 Å². The highest BCUT2D eigenvalue weighted by molar-refractivity contribution is 6.07. The lowest BCUT2D eigenvalue weighted by Gasteiger charge is -2.36. The average Bonchev–Trinajstić information content (AvgIpc) is 2.83. The summed E-state index contributed by atoms with van der Waals surface area (Å²) in [5, 5.41) is 1.04. The number of methoxy groups -OCH3 is 2. The highest BCUT2D eigenvalue weighted by Gasteiger charge is 2.25. The Balaban J connectivity index is 1.69. The number of anilines is 1. The number of hydrogen-bond donors (Lipinski definition) is 0. The lowest BCUT2D eigenvalue weighted by molar-refractivity contribution is 0.0748. The van der Waals surface area contributed by atoms with E-state index in [-0.39, 0.29) is 11.5 Å². The Labute approximate surface area is 181 Å². The van der Waals surface area contributed by atoms with Gasteiger partial charge in [-0.05, 0) is 31.2 Å². The van der Waals surface area contributed by atoms with Crippen molar-refractivity contribution >= 4 is 22.4 Å². The van der Waals surface area contributed by atoms with Gasteiger partial charge in [-0.2, -0.15) is 0 Å². The molecular weight excluding hydrogens is 394 g/mol. The first-order valence-electron chi connectivity index (χ1n) is 10.5. The minimum atomic E-state index is -0.149. The number of amides is 1. The Morgan fingerprint density at radius 1 is 0.935 bits per heavy atom. The maximum Gasteiger partial charge on any atom is 0.258 e. The minimum Gasteiger partial charge on any atom is -0.493 e. The largest absolute Gasteiger partial charge is 0.493 e. The number of carbonyl (C=O) groups excluding carboxylic acids is 1. The van der Waals surface area contributed by atoms with Crippen LogP contribution in [0.25, 0.3) is 10.8 Å². The number of piperazine rings is 1. The molecule has 2 aromatic carbocycles. The van der Waals surface area contributed by atoms with Crippen LogP contribution in [-0.2, 0) is 6.54 Å². The molecule has 1 amide bonds. The van der Waals surface area contributed by atoms with E-state index in [1.165, 1.54) is 7.11 Å². The monoisotopic (exact) mass is 421 g/mol. The summed E-state index contributed by atoms with van der Waals surface area (Å²) < 4.78 is 12.4. The summed E-state index contributed by atoms with van der Waals surface area (Å²) in [5.74, 6) is 0.884. The van der Waals surface area contributed by atoms with Crippen LogP contribution in [0.5, 0.6) is 11.5 Å². The molecule has 2 heterocycles. The predicted octanol–water partition coefficient (Wildman–Crippen LogP) is 3.00. The third kappa shape index (κ3) is 3.83. The van der Waals surface area contributed by atoms with Gasteiger partial charge in [-0.1, -0.05) is 18.2 Å². The smallest absolute Gasteiger partial charge is 0.258 e. The zero-order valence-electron chi connectivity index (χ0n) is 18.1. The second-order valence-electron chi connectivity index (χ2n) is 7.50. The quantitative estimate of drug-likeness (QED) is 0.634. The molecule has 1 aromatic heterocycles. The Morgan fingerprint density at radius 3 is 2.13 bits per heavy atom. The minimum absolute atomic E-state index is 0.0767. The average molecular weight is 421 g/mol. The van der Waals surface area contributed by atoms with Crippen molar-refractivity contribution in [2.24, 2.45) is 0 Å². The zero-order chi connectivity index (χ0) is 22.0. The van der Waals surface area contributed by atoms with Crippen LogP contribution in [0.2, 0.25) is 0 Å². The van der Waals surface area contributed by atoms with Crippen LogP contribution in [0.1, 0.15) is 17.3 Å². The van der Waals surface area contributed by atoms with E-state index in [0.29, 0.717) is 47.5 Å². The number of carbonyl (C=O) groups is 1. The Bertz CT molecular complexity index is 1150. The van der Waals surface area contributed by atoms with Crippen LogP contribution in [0, 0.1) is 0 Å². The molecule has 7 nitrogen and oxygen atoms in total. The van der Waals surface area contributed by atoms with Gasteiger partial charge in [0, 0.05) is 50.0 Å². The van der Waals surface area contributed by atoms with Crippen molar-refractivity contribution in [2.45, 2.75) is 13.5 Å². The normalized spacial score (nSPS) is 14.0. The van der Waals surface area contributed by atoms with Crippen molar-refractivity contribution in [3.05, 3.63) is 64.6 Å². The van der Waals surface area contributed by atoms with Crippen LogP contribution in [0.4, 0.5) is 5.69 Å². The first-order valence-corrected chi connectivity index (χ1v) is 10.5. The maximum absolute atomic E-state index is 13.5. The van der Waals surface area contributed by atoms with E-state index in [0.717, 1.165) is 18.8 Å². The molecule has 0 spiro atoms. The van der Waals surface area contributed by atoms with Crippen molar-refractivity contribution in [1.82, 2.24) is 9.47 Å². The SMILES string of the molecule is CCn1cc(C(=O)N2CCN(c3ccccc3)CC2)c2cc(OC)c(OC)cc2c1=O. The topological polar surface area (TPSA) is 64.0 Å². The number of fused-ring (bicyclic) bond motifs is 1. The van der Waals surface area contributed by atoms with E-state index < -0.39 is 0 Å². The number of aryl methyl sites for hydroxylation is 1. The molecule has 0 atom stereocenters. The summed E-state index contributed by atoms with van der Waals surface area (Å²) in [4.78, 5) is 30.6. The Hall–Kier alpha value is -3.48. The lowest BCUT2D eigenvalue weighted by Crippen LogP contribution is -2.49. The summed E-state index contributed by atoms with van der Waals surface area (Å²) in [5.41, 5.74) is 1.52. The number of benzene rings is 2. The van der Waals surface area contributed by atoms with Gasteiger partial charge in [0.25, 0.3) is 11.5 Å². The van der Waals surface area contributed by atoms with Gasteiger partial charge in [-0.15, -0.1) is 0 Å². The lowest BCUT2D eigenvalue weighted by atomic mass is 10.0. The molecule has 7 heteroatoms. The van der Waals surface area contributed by atoms with Crippen LogP contribution >= 0.6 is 0 Å². The molecule has 0 aliphatic carbocycles. The van der Waals surface area contributed by atoms with E-state index in [1.807, 2.05) is 30.0 Å². The summed E-state index contributed by atoms with van der Waals surface area (Å²) in [7, 11) is 3.07.